The second kappa shape index (κ2) is 6.24. The van der Waals surface area contributed by atoms with Gasteiger partial charge in [-0.05, 0) is 44.0 Å². The predicted octanol–water partition coefficient (Wildman–Crippen LogP) is 4.22. The van der Waals surface area contributed by atoms with Gasteiger partial charge in [0.15, 0.2) is 0 Å². The van der Waals surface area contributed by atoms with E-state index in [1.54, 1.807) is 13.0 Å². The third-order valence-electron chi connectivity index (χ3n) is 3.16. The number of carbonyl (C=O) groups excluding carboxylic acids is 1. The lowest BCUT2D eigenvalue weighted by Crippen LogP contribution is -2.08. The fourth-order valence-corrected chi connectivity index (χ4v) is 2.13. The van der Waals surface area contributed by atoms with Crippen molar-refractivity contribution in [2.75, 3.05) is 11.9 Å². The molecule has 2 aromatic rings. The first-order valence-electron chi connectivity index (χ1n) is 6.73. The molecule has 0 aliphatic rings. The molecule has 0 spiro atoms. The monoisotopic (exact) mass is 269 g/mol. The standard InChI is InChI=1S/C17H19NO2/c1-4-20-17(19)14-10-5-6-11-15(14)18-16-12(2)8-7-9-13(16)3/h5-11,18H,4H2,1-3H3. The lowest BCUT2D eigenvalue weighted by atomic mass is 10.1. The number of rotatable bonds is 4. The molecule has 3 nitrogen and oxygen atoms in total. The zero-order valence-corrected chi connectivity index (χ0v) is 12.1. The summed E-state index contributed by atoms with van der Waals surface area (Å²) in [5, 5.41) is 3.35. The SMILES string of the molecule is CCOC(=O)c1ccccc1Nc1c(C)cccc1C. The first-order valence-corrected chi connectivity index (χ1v) is 6.73. The summed E-state index contributed by atoms with van der Waals surface area (Å²) < 4.78 is 5.09. The summed E-state index contributed by atoms with van der Waals surface area (Å²) in [6.07, 6.45) is 0. The maximum absolute atomic E-state index is 12.0. The quantitative estimate of drug-likeness (QED) is 0.844. The van der Waals surface area contributed by atoms with E-state index in [2.05, 4.69) is 5.32 Å². The normalized spacial score (nSPS) is 10.2. The Bertz CT molecular complexity index is 600. The highest BCUT2D eigenvalue weighted by molar-refractivity contribution is 5.96. The van der Waals surface area contributed by atoms with E-state index in [1.165, 1.54) is 0 Å². The molecule has 0 fully saturated rings. The Balaban J connectivity index is 2.37. The Morgan fingerprint density at radius 2 is 1.70 bits per heavy atom. The third-order valence-corrected chi connectivity index (χ3v) is 3.16. The van der Waals surface area contributed by atoms with Crippen LogP contribution >= 0.6 is 0 Å². The van der Waals surface area contributed by atoms with E-state index in [-0.39, 0.29) is 5.97 Å². The summed E-state index contributed by atoms with van der Waals surface area (Å²) in [7, 11) is 0. The van der Waals surface area contributed by atoms with Crippen LogP contribution < -0.4 is 5.32 Å². The van der Waals surface area contributed by atoms with Gasteiger partial charge in [-0.3, -0.25) is 0 Å². The minimum absolute atomic E-state index is 0.304. The van der Waals surface area contributed by atoms with Crippen LogP contribution in [-0.4, -0.2) is 12.6 Å². The van der Waals surface area contributed by atoms with Crippen molar-refractivity contribution in [3.8, 4) is 0 Å². The van der Waals surface area contributed by atoms with Crippen molar-refractivity contribution >= 4 is 17.3 Å². The first kappa shape index (κ1) is 14.1. The number of hydrogen-bond donors (Lipinski definition) is 1. The lowest BCUT2D eigenvalue weighted by Gasteiger charge is -2.15. The molecule has 1 N–H and O–H groups in total. The summed E-state index contributed by atoms with van der Waals surface area (Å²) >= 11 is 0. The smallest absolute Gasteiger partial charge is 0.340 e. The van der Waals surface area contributed by atoms with Gasteiger partial charge in [0, 0.05) is 5.69 Å². The van der Waals surface area contributed by atoms with E-state index in [0.717, 1.165) is 22.5 Å². The molecule has 0 aliphatic carbocycles. The molecule has 0 unspecified atom stereocenters. The highest BCUT2D eigenvalue weighted by Gasteiger charge is 2.13. The molecule has 0 aromatic heterocycles. The maximum Gasteiger partial charge on any atom is 0.340 e. The van der Waals surface area contributed by atoms with Crippen molar-refractivity contribution in [3.63, 3.8) is 0 Å². The van der Waals surface area contributed by atoms with E-state index in [1.807, 2.05) is 50.2 Å². The van der Waals surface area contributed by atoms with Crippen LogP contribution in [0.1, 0.15) is 28.4 Å². The van der Waals surface area contributed by atoms with Crippen molar-refractivity contribution in [2.45, 2.75) is 20.8 Å². The molecular formula is C17H19NO2. The highest BCUT2D eigenvalue weighted by atomic mass is 16.5. The number of carbonyl (C=O) groups is 1. The Morgan fingerprint density at radius 3 is 2.35 bits per heavy atom. The predicted molar refractivity (Wildman–Crippen MR) is 81.6 cm³/mol. The fourth-order valence-electron chi connectivity index (χ4n) is 2.13. The number of nitrogens with one attached hydrogen (secondary N) is 1. The minimum Gasteiger partial charge on any atom is -0.462 e. The van der Waals surface area contributed by atoms with Gasteiger partial charge in [0.25, 0.3) is 0 Å². The fraction of sp³-hybridized carbons (Fsp3) is 0.235. The summed E-state index contributed by atoms with van der Waals surface area (Å²) in [5.41, 5.74) is 4.64. The van der Waals surface area contributed by atoms with Gasteiger partial charge in [-0.1, -0.05) is 30.3 Å². The lowest BCUT2D eigenvalue weighted by molar-refractivity contribution is 0.0527. The van der Waals surface area contributed by atoms with Gasteiger partial charge in [-0.15, -0.1) is 0 Å². The Morgan fingerprint density at radius 1 is 1.05 bits per heavy atom. The van der Waals surface area contributed by atoms with Gasteiger partial charge in [0.05, 0.1) is 17.9 Å². The van der Waals surface area contributed by atoms with Crippen LogP contribution in [0.15, 0.2) is 42.5 Å². The van der Waals surface area contributed by atoms with E-state index < -0.39 is 0 Å². The van der Waals surface area contributed by atoms with Crippen molar-refractivity contribution in [3.05, 3.63) is 59.2 Å². The van der Waals surface area contributed by atoms with Gasteiger partial charge in [-0.2, -0.15) is 0 Å². The van der Waals surface area contributed by atoms with Crippen LogP contribution in [0.3, 0.4) is 0 Å². The zero-order valence-electron chi connectivity index (χ0n) is 12.1. The van der Waals surface area contributed by atoms with E-state index in [4.69, 9.17) is 4.74 Å². The average Bonchev–Trinajstić information content (AvgIpc) is 2.44. The zero-order chi connectivity index (χ0) is 14.5. The molecule has 20 heavy (non-hydrogen) atoms. The topological polar surface area (TPSA) is 38.3 Å². The van der Waals surface area contributed by atoms with Crippen molar-refractivity contribution in [2.24, 2.45) is 0 Å². The number of esters is 1. The molecule has 0 saturated carbocycles. The molecule has 0 heterocycles. The van der Waals surface area contributed by atoms with Crippen LogP contribution in [0.4, 0.5) is 11.4 Å². The molecule has 2 rings (SSSR count). The van der Waals surface area contributed by atoms with E-state index >= 15 is 0 Å². The van der Waals surface area contributed by atoms with Crippen LogP contribution in [0.5, 0.6) is 0 Å². The van der Waals surface area contributed by atoms with Crippen molar-refractivity contribution < 1.29 is 9.53 Å². The van der Waals surface area contributed by atoms with Crippen molar-refractivity contribution in [1.82, 2.24) is 0 Å². The molecule has 0 radical (unpaired) electrons. The number of aryl methyl sites for hydroxylation is 2. The Labute approximate surface area is 119 Å². The molecule has 3 heteroatoms. The molecule has 0 bridgehead atoms. The summed E-state index contributed by atoms with van der Waals surface area (Å²) in [4.78, 5) is 12.0. The van der Waals surface area contributed by atoms with Crippen LogP contribution in [0, 0.1) is 13.8 Å². The molecule has 0 saturated heterocycles. The van der Waals surface area contributed by atoms with Crippen LogP contribution in [0.2, 0.25) is 0 Å². The molecule has 0 atom stereocenters. The van der Waals surface area contributed by atoms with Crippen LogP contribution in [-0.2, 0) is 4.74 Å². The van der Waals surface area contributed by atoms with Gasteiger partial charge in [0.1, 0.15) is 0 Å². The summed E-state index contributed by atoms with van der Waals surface area (Å²) in [6.45, 7) is 6.26. The van der Waals surface area contributed by atoms with E-state index in [9.17, 15) is 4.79 Å². The second-order valence-electron chi connectivity index (χ2n) is 4.66. The van der Waals surface area contributed by atoms with Crippen molar-refractivity contribution in [1.29, 1.82) is 0 Å². The molecule has 2 aromatic carbocycles. The van der Waals surface area contributed by atoms with Crippen LogP contribution in [0.25, 0.3) is 0 Å². The van der Waals surface area contributed by atoms with Gasteiger partial charge >= 0.3 is 5.97 Å². The van der Waals surface area contributed by atoms with Gasteiger partial charge in [0.2, 0.25) is 0 Å². The number of hydrogen-bond acceptors (Lipinski definition) is 3. The second-order valence-corrected chi connectivity index (χ2v) is 4.66. The first-order chi connectivity index (χ1) is 9.63. The highest BCUT2D eigenvalue weighted by Crippen LogP contribution is 2.26. The number of para-hydroxylation sites is 2. The summed E-state index contributed by atoms with van der Waals surface area (Å²) in [5.74, 6) is -0.304. The molecule has 0 amide bonds. The van der Waals surface area contributed by atoms with Gasteiger partial charge in [-0.25, -0.2) is 4.79 Å². The Hall–Kier alpha value is -2.29. The molecule has 0 aliphatic heterocycles. The van der Waals surface area contributed by atoms with E-state index in [0.29, 0.717) is 12.2 Å². The summed E-state index contributed by atoms with van der Waals surface area (Å²) in [6, 6.07) is 13.5. The maximum atomic E-state index is 12.0. The molecular weight excluding hydrogens is 250 g/mol. The van der Waals surface area contributed by atoms with Gasteiger partial charge < -0.3 is 10.1 Å². The third kappa shape index (κ3) is 2.99. The average molecular weight is 269 g/mol. The molecule has 104 valence electrons. The number of anilines is 2. The number of benzene rings is 2. The minimum atomic E-state index is -0.304. The largest absolute Gasteiger partial charge is 0.462 e. The Kier molecular flexibility index (Phi) is 4.41. The number of ether oxygens (including phenoxy) is 1.